The zero-order valence-corrected chi connectivity index (χ0v) is 13.8. The van der Waals surface area contributed by atoms with E-state index in [0.717, 1.165) is 0 Å². The molecule has 0 unspecified atom stereocenters. The van der Waals surface area contributed by atoms with E-state index in [1.807, 2.05) is 13.8 Å². The molecule has 0 aliphatic heterocycles. The Balaban J connectivity index is 2.63. The summed E-state index contributed by atoms with van der Waals surface area (Å²) in [6.07, 6.45) is 0.263. The molecule has 0 heterocycles. The van der Waals surface area contributed by atoms with Crippen LogP contribution in [-0.4, -0.2) is 42.6 Å². The Morgan fingerprint density at radius 2 is 1.96 bits per heavy atom. The van der Waals surface area contributed by atoms with Crippen molar-refractivity contribution >= 4 is 17.8 Å². The number of carboxylic acid groups (broad SMARTS) is 1. The highest BCUT2D eigenvalue weighted by molar-refractivity contribution is 5.97. The first-order chi connectivity index (χ1) is 11.3. The predicted molar refractivity (Wildman–Crippen MR) is 84.3 cm³/mol. The average Bonchev–Trinajstić information content (AvgIpc) is 2.51. The zero-order chi connectivity index (χ0) is 18.3. The van der Waals surface area contributed by atoms with E-state index in [0.29, 0.717) is 0 Å². The molecule has 2 amide bonds. The van der Waals surface area contributed by atoms with Gasteiger partial charge in [-0.15, -0.1) is 0 Å². The van der Waals surface area contributed by atoms with Crippen LogP contribution in [0.15, 0.2) is 18.2 Å². The van der Waals surface area contributed by atoms with Gasteiger partial charge in [-0.05, 0) is 24.5 Å². The first kappa shape index (κ1) is 19.4. The van der Waals surface area contributed by atoms with Gasteiger partial charge in [-0.1, -0.05) is 19.9 Å². The number of nitrogens with one attached hydrogen (secondary N) is 2. The van der Waals surface area contributed by atoms with E-state index in [1.54, 1.807) is 0 Å². The van der Waals surface area contributed by atoms with Crippen molar-refractivity contribution in [3.05, 3.63) is 29.6 Å². The number of aliphatic carboxylic acids is 1. The normalized spacial score (nSPS) is 11.7. The molecule has 132 valence electrons. The van der Waals surface area contributed by atoms with Gasteiger partial charge in [-0.3, -0.25) is 9.59 Å². The highest BCUT2D eigenvalue weighted by Gasteiger charge is 2.22. The predicted octanol–water partition coefficient (Wildman–Crippen LogP) is 1.18. The first-order valence-corrected chi connectivity index (χ1v) is 7.39. The Hall–Kier alpha value is -2.64. The molecule has 0 aliphatic carbocycles. The van der Waals surface area contributed by atoms with Gasteiger partial charge in [0.25, 0.3) is 5.91 Å². The van der Waals surface area contributed by atoms with Crippen molar-refractivity contribution in [2.75, 3.05) is 13.7 Å². The lowest BCUT2D eigenvalue weighted by molar-refractivity contribution is -0.142. The Bertz CT molecular complexity index is 618. The standard InChI is InChI=1S/C16H21FN2O5/c1-9(2)7-11(16(22)23)19-13(20)8-18-15(21)10-5-4-6-12(24-3)14(10)17/h4-6,9,11H,7-8H2,1-3H3,(H,18,21)(H,19,20)(H,22,23)/t11-/m0/s1. The molecule has 8 heteroatoms. The number of amides is 2. The molecule has 1 aromatic carbocycles. The van der Waals surface area contributed by atoms with Gasteiger partial charge in [-0.25, -0.2) is 9.18 Å². The lowest BCUT2D eigenvalue weighted by Crippen LogP contribution is -2.46. The minimum absolute atomic E-state index is 0.0758. The number of halogens is 1. The van der Waals surface area contributed by atoms with Gasteiger partial charge in [0.05, 0.1) is 19.2 Å². The van der Waals surface area contributed by atoms with Gasteiger partial charge in [0.1, 0.15) is 6.04 Å². The summed E-state index contributed by atoms with van der Waals surface area (Å²) in [5.74, 6) is -3.46. The molecule has 1 aromatic rings. The van der Waals surface area contributed by atoms with Crippen LogP contribution in [0.4, 0.5) is 4.39 Å². The molecule has 0 aliphatic rings. The van der Waals surface area contributed by atoms with Gasteiger partial charge in [0.2, 0.25) is 5.91 Å². The number of benzene rings is 1. The average molecular weight is 340 g/mol. The third-order valence-corrected chi connectivity index (χ3v) is 3.18. The van der Waals surface area contributed by atoms with Crippen molar-refractivity contribution in [2.24, 2.45) is 5.92 Å². The fourth-order valence-corrected chi connectivity index (χ4v) is 2.04. The highest BCUT2D eigenvalue weighted by atomic mass is 19.1. The van der Waals surface area contributed by atoms with Crippen LogP contribution in [0.2, 0.25) is 0 Å². The van der Waals surface area contributed by atoms with Crippen molar-refractivity contribution in [3.63, 3.8) is 0 Å². The molecule has 7 nitrogen and oxygen atoms in total. The number of methoxy groups -OCH3 is 1. The van der Waals surface area contributed by atoms with Gasteiger partial charge in [0.15, 0.2) is 11.6 Å². The SMILES string of the molecule is COc1cccc(C(=O)NCC(=O)N[C@@H](CC(C)C)C(=O)O)c1F. The highest BCUT2D eigenvalue weighted by Crippen LogP contribution is 2.19. The molecule has 3 N–H and O–H groups in total. The summed E-state index contributed by atoms with van der Waals surface area (Å²) >= 11 is 0. The second-order valence-electron chi connectivity index (χ2n) is 5.59. The number of carbonyl (C=O) groups excluding carboxylic acids is 2. The molecule has 1 atom stereocenters. The van der Waals surface area contributed by atoms with E-state index in [2.05, 4.69) is 10.6 Å². The summed E-state index contributed by atoms with van der Waals surface area (Å²) in [4.78, 5) is 34.8. The molecule has 0 aromatic heterocycles. The second kappa shape index (κ2) is 8.85. The topological polar surface area (TPSA) is 105 Å². The molecule has 24 heavy (non-hydrogen) atoms. The molecular weight excluding hydrogens is 319 g/mol. The third kappa shape index (κ3) is 5.53. The van der Waals surface area contributed by atoms with Crippen LogP contribution in [0.1, 0.15) is 30.6 Å². The molecule has 0 radical (unpaired) electrons. The molecule has 0 spiro atoms. The summed E-state index contributed by atoms with van der Waals surface area (Å²) in [6.45, 7) is 3.20. The monoisotopic (exact) mass is 340 g/mol. The van der Waals surface area contributed by atoms with Crippen LogP contribution in [0.3, 0.4) is 0 Å². The van der Waals surface area contributed by atoms with Crippen molar-refractivity contribution in [1.29, 1.82) is 0 Å². The van der Waals surface area contributed by atoms with Crippen LogP contribution in [-0.2, 0) is 9.59 Å². The second-order valence-corrected chi connectivity index (χ2v) is 5.59. The Morgan fingerprint density at radius 3 is 2.50 bits per heavy atom. The summed E-state index contributed by atoms with van der Waals surface area (Å²) in [7, 11) is 1.27. The van der Waals surface area contributed by atoms with E-state index in [4.69, 9.17) is 9.84 Å². The van der Waals surface area contributed by atoms with Crippen molar-refractivity contribution in [1.82, 2.24) is 10.6 Å². The van der Waals surface area contributed by atoms with Gasteiger partial charge < -0.3 is 20.5 Å². The largest absolute Gasteiger partial charge is 0.494 e. The fraction of sp³-hybridized carbons (Fsp3) is 0.438. The number of rotatable bonds is 8. The molecule has 0 bridgehead atoms. The fourth-order valence-electron chi connectivity index (χ4n) is 2.04. The summed E-state index contributed by atoms with van der Waals surface area (Å²) in [6, 6.07) is 3.02. The van der Waals surface area contributed by atoms with E-state index in [-0.39, 0.29) is 23.7 Å². The van der Waals surface area contributed by atoms with Crippen LogP contribution in [0, 0.1) is 11.7 Å². The summed E-state index contributed by atoms with van der Waals surface area (Å²) in [5.41, 5.74) is -0.265. The van der Waals surface area contributed by atoms with Crippen molar-refractivity contribution in [3.8, 4) is 5.75 Å². The number of hydrogen-bond acceptors (Lipinski definition) is 4. The maximum absolute atomic E-state index is 13.9. The first-order valence-electron chi connectivity index (χ1n) is 7.39. The number of carboxylic acids is 1. The number of ether oxygens (including phenoxy) is 1. The van der Waals surface area contributed by atoms with Crippen molar-refractivity contribution < 1.29 is 28.6 Å². The molecule has 0 fully saturated rings. The van der Waals surface area contributed by atoms with Gasteiger partial charge in [0, 0.05) is 0 Å². The van der Waals surface area contributed by atoms with Gasteiger partial charge in [-0.2, -0.15) is 0 Å². The zero-order valence-electron chi connectivity index (χ0n) is 13.8. The molecular formula is C16H21FN2O5. The van der Waals surface area contributed by atoms with Gasteiger partial charge >= 0.3 is 5.97 Å². The summed E-state index contributed by atoms with van der Waals surface area (Å²) in [5, 5.41) is 13.6. The smallest absolute Gasteiger partial charge is 0.326 e. The number of hydrogen-bond donors (Lipinski definition) is 3. The summed E-state index contributed by atoms with van der Waals surface area (Å²) < 4.78 is 18.7. The maximum atomic E-state index is 13.9. The lowest BCUT2D eigenvalue weighted by atomic mass is 10.0. The molecule has 1 rings (SSSR count). The minimum atomic E-state index is -1.15. The lowest BCUT2D eigenvalue weighted by Gasteiger charge is -2.16. The van der Waals surface area contributed by atoms with Crippen LogP contribution in [0.5, 0.6) is 5.75 Å². The Morgan fingerprint density at radius 1 is 1.29 bits per heavy atom. The van der Waals surface area contributed by atoms with Crippen LogP contribution < -0.4 is 15.4 Å². The van der Waals surface area contributed by atoms with Crippen LogP contribution in [0.25, 0.3) is 0 Å². The number of carbonyl (C=O) groups is 3. The quantitative estimate of drug-likeness (QED) is 0.659. The molecule has 0 saturated carbocycles. The van der Waals surface area contributed by atoms with E-state index in [9.17, 15) is 18.8 Å². The van der Waals surface area contributed by atoms with Crippen LogP contribution >= 0.6 is 0 Å². The van der Waals surface area contributed by atoms with E-state index < -0.39 is 36.2 Å². The van der Waals surface area contributed by atoms with Crippen molar-refractivity contribution in [2.45, 2.75) is 26.3 Å². The minimum Gasteiger partial charge on any atom is -0.494 e. The Kier molecular flexibility index (Phi) is 7.16. The third-order valence-electron chi connectivity index (χ3n) is 3.18. The van der Waals surface area contributed by atoms with E-state index >= 15 is 0 Å². The maximum Gasteiger partial charge on any atom is 0.326 e. The molecule has 0 saturated heterocycles. The Labute approximate surface area is 139 Å². The van der Waals surface area contributed by atoms with E-state index in [1.165, 1.54) is 25.3 Å².